The highest BCUT2D eigenvalue weighted by atomic mass is 16.6. The normalized spacial score (nSPS) is 12.2. The smallest absolute Gasteiger partial charge is 0.312 e. The lowest BCUT2D eigenvalue weighted by Crippen LogP contribution is -2.29. The van der Waals surface area contributed by atoms with Gasteiger partial charge in [0.05, 0.1) is 17.7 Å². The number of carbonyl (C=O) groups excluding carboxylic acids is 2. The first-order valence-electron chi connectivity index (χ1n) is 9.20. The molecule has 1 atom stereocenters. The highest BCUT2D eigenvalue weighted by Crippen LogP contribution is 2.28. The Morgan fingerprint density at radius 1 is 1.35 bits per heavy atom. The number of hydrazone groups is 1. The average Bonchev–Trinajstić information content (AvgIpc) is 3.03. The van der Waals surface area contributed by atoms with Gasteiger partial charge in [0.25, 0.3) is 11.8 Å². The molecule has 2 amide bonds. The summed E-state index contributed by atoms with van der Waals surface area (Å²) in [6.07, 6.45) is 0. The minimum atomic E-state index is -0.817. The van der Waals surface area contributed by atoms with E-state index in [2.05, 4.69) is 15.6 Å². The van der Waals surface area contributed by atoms with Crippen LogP contribution in [0.25, 0.3) is 0 Å². The summed E-state index contributed by atoms with van der Waals surface area (Å²) in [4.78, 5) is 34.0. The first-order valence-corrected chi connectivity index (χ1v) is 9.20. The van der Waals surface area contributed by atoms with E-state index in [1.807, 2.05) is 0 Å². The van der Waals surface area contributed by atoms with Crippen molar-refractivity contribution in [2.24, 2.45) is 10.8 Å². The Hall–Kier alpha value is -3.96. The van der Waals surface area contributed by atoms with Crippen LogP contribution in [0.2, 0.25) is 0 Å². The van der Waals surface area contributed by atoms with Gasteiger partial charge in [-0.25, -0.2) is 5.43 Å². The molecule has 0 aliphatic rings. The van der Waals surface area contributed by atoms with Crippen molar-refractivity contribution in [2.75, 3.05) is 13.7 Å². The molecule has 0 fully saturated rings. The minimum absolute atomic E-state index is 0.120. The van der Waals surface area contributed by atoms with E-state index in [4.69, 9.17) is 15.2 Å². The zero-order chi connectivity index (χ0) is 23.3. The zero-order valence-electron chi connectivity index (χ0n) is 17.8. The molecule has 2 rings (SSSR count). The summed E-state index contributed by atoms with van der Waals surface area (Å²) in [5, 5.41) is 19.3. The van der Waals surface area contributed by atoms with Gasteiger partial charge >= 0.3 is 5.69 Å². The number of ether oxygens (including phenoxy) is 2. The Morgan fingerprint density at radius 3 is 2.58 bits per heavy atom. The van der Waals surface area contributed by atoms with Crippen LogP contribution in [-0.4, -0.2) is 45.9 Å². The van der Waals surface area contributed by atoms with Gasteiger partial charge in [-0.1, -0.05) is 0 Å². The quantitative estimate of drug-likeness (QED) is 0.343. The molecule has 3 N–H and O–H groups in total. The van der Waals surface area contributed by atoms with Crippen LogP contribution in [-0.2, 0) is 9.59 Å². The third kappa shape index (κ3) is 5.35. The van der Waals surface area contributed by atoms with Gasteiger partial charge in [-0.15, -0.1) is 0 Å². The molecule has 1 heterocycles. The Balaban J connectivity index is 2.16. The predicted molar refractivity (Wildman–Crippen MR) is 111 cm³/mol. The van der Waals surface area contributed by atoms with Crippen LogP contribution in [0.5, 0.6) is 11.5 Å². The number of rotatable bonds is 9. The van der Waals surface area contributed by atoms with Gasteiger partial charge in [-0.05, 0) is 45.9 Å². The van der Waals surface area contributed by atoms with E-state index in [1.165, 1.54) is 25.6 Å². The van der Waals surface area contributed by atoms with Gasteiger partial charge in [-0.2, -0.15) is 10.2 Å². The lowest BCUT2D eigenvalue weighted by atomic mass is 10.1. The van der Waals surface area contributed by atoms with E-state index in [1.54, 1.807) is 32.0 Å². The van der Waals surface area contributed by atoms with Crippen LogP contribution < -0.4 is 20.6 Å². The fraction of sp³-hybridized carbons (Fsp3) is 0.368. The second-order valence-corrected chi connectivity index (χ2v) is 6.69. The first-order chi connectivity index (χ1) is 14.6. The summed E-state index contributed by atoms with van der Waals surface area (Å²) < 4.78 is 11.8. The van der Waals surface area contributed by atoms with Crippen molar-refractivity contribution >= 4 is 23.2 Å². The first kappa shape index (κ1) is 23.3. The Morgan fingerprint density at radius 2 is 2.03 bits per heavy atom. The van der Waals surface area contributed by atoms with Crippen LogP contribution in [0.1, 0.15) is 36.8 Å². The number of hydrogen-bond donors (Lipinski definition) is 2. The van der Waals surface area contributed by atoms with Crippen molar-refractivity contribution in [3.63, 3.8) is 0 Å². The van der Waals surface area contributed by atoms with Crippen LogP contribution in [0.4, 0.5) is 5.69 Å². The SMILES string of the molecule is COc1cc(/C(C)=N/NC(=O)C(C)n2nc(C)c([N+](=O)[O-])c2C)ccc1OCC(N)=O. The van der Waals surface area contributed by atoms with Crippen LogP contribution in [0.15, 0.2) is 23.3 Å². The van der Waals surface area contributed by atoms with Crippen molar-refractivity contribution in [1.82, 2.24) is 15.2 Å². The molecule has 0 aliphatic carbocycles. The van der Waals surface area contributed by atoms with E-state index in [0.717, 1.165) is 0 Å². The molecule has 0 spiro atoms. The van der Waals surface area contributed by atoms with Gasteiger partial charge in [-0.3, -0.25) is 24.4 Å². The average molecular weight is 432 g/mol. The highest BCUT2D eigenvalue weighted by Gasteiger charge is 2.27. The molecule has 31 heavy (non-hydrogen) atoms. The van der Waals surface area contributed by atoms with Gasteiger partial charge < -0.3 is 15.2 Å². The molecule has 2 aromatic rings. The lowest BCUT2D eigenvalue weighted by molar-refractivity contribution is -0.386. The number of benzene rings is 1. The molecule has 12 heteroatoms. The van der Waals surface area contributed by atoms with Gasteiger partial charge in [0.1, 0.15) is 17.4 Å². The summed E-state index contributed by atoms with van der Waals surface area (Å²) >= 11 is 0. The molecule has 0 radical (unpaired) electrons. The van der Waals surface area contributed by atoms with Crippen molar-refractivity contribution in [3.05, 3.63) is 45.3 Å². The van der Waals surface area contributed by atoms with Crippen molar-refractivity contribution in [3.8, 4) is 11.5 Å². The number of carbonyl (C=O) groups is 2. The molecule has 12 nitrogen and oxygen atoms in total. The summed E-state index contributed by atoms with van der Waals surface area (Å²) in [7, 11) is 1.44. The van der Waals surface area contributed by atoms with Crippen LogP contribution in [0.3, 0.4) is 0 Å². The van der Waals surface area contributed by atoms with Gasteiger partial charge in [0, 0.05) is 5.56 Å². The summed E-state index contributed by atoms with van der Waals surface area (Å²) in [5.41, 5.74) is 9.01. The molecule has 1 unspecified atom stereocenters. The van der Waals surface area contributed by atoms with Crippen LogP contribution >= 0.6 is 0 Å². The number of aryl methyl sites for hydroxylation is 1. The van der Waals surface area contributed by atoms with Crippen molar-refractivity contribution in [1.29, 1.82) is 0 Å². The van der Waals surface area contributed by atoms with Gasteiger partial charge in [0.15, 0.2) is 18.1 Å². The minimum Gasteiger partial charge on any atom is -0.493 e. The second-order valence-electron chi connectivity index (χ2n) is 6.69. The number of methoxy groups -OCH3 is 1. The summed E-state index contributed by atoms with van der Waals surface area (Å²) in [6.45, 7) is 6.00. The van der Waals surface area contributed by atoms with E-state index in [0.29, 0.717) is 22.8 Å². The highest BCUT2D eigenvalue weighted by molar-refractivity contribution is 6.00. The molecule has 0 saturated heterocycles. The Kier molecular flexibility index (Phi) is 7.29. The fourth-order valence-electron chi connectivity index (χ4n) is 2.86. The topological polar surface area (TPSA) is 164 Å². The predicted octanol–water partition coefficient (Wildman–Crippen LogP) is 1.38. The number of nitrogens with zero attached hydrogens (tertiary/aromatic N) is 4. The van der Waals surface area contributed by atoms with Crippen molar-refractivity contribution < 1.29 is 24.0 Å². The number of amides is 2. The number of nitrogens with two attached hydrogens (primary N) is 1. The van der Waals surface area contributed by atoms with E-state index in [-0.39, 0.29) is 23.7 Å². The Labute approximate surface area is 178 Å². The van der Waals surface area contributed by atoms with Crippen molar-refractivity contribution in [2.45, 2.75) is 33.7 Å². The zero-order valence-corrected chi connectivity index (χ0v) is 17.8. The number of nitrogens with one attached hydrogen (secondary N) is 1. The standard InChI is InChI=1S/C19H24N6O6/c1-10(14-6-7-15(16(8-14)30-5)31-9-17(20)26)21-22-19(27)13(4)24-12(3)18(25(28)29)11(2)23-24/h6-8,13H,9H2,1-5H3,(H2,20,26)(H,22,27)/b21-10+. The molecular weight excluding hydrogens is 408 g/mol. The maximum atomic E-state index is 12.5. The monoisotopic (exact) mass is 432 g/mol. The second kappa shape index (κ2) is 9.69. The largest absolute Gasteiger partial charge is 0.493 e. The molecule has 166 valence electrons. The maximum Gasteiger partial charge on any atom is 0.312 e. The molecule has 1 aromatic heterocycles. The molecule has 1 aromatic carbocycles. The number of nitro groups is 1. The van der Waals surface area contributed by atoms with Gasteiger partial charge in [0.2, 0.25) is 0 Å². The maximum absolute atomic E-state index is 12.5. The lowest BCUT2D eigenvalue weighted by Gasteiger charge is -2.13. The summed E-state index contributed by atoms with van der Waals surface area (Å²) in [6, 6.07) is 4.09. The number of hydrogen-bond acceptors (Lipinski definition) is 8. The molecule has 0 bridgehead atoms. The molecule has 0 aliphatic heterocycles. The van der Waals surface area contributed by atoms with Crippen LogP contribution in [0, 0.1) is 24.0 Å². The molecular formula is C19H24N6O6. The summed E-state index contributed by atoms with van der Waals surface area (Å²) in [5.74, 6) is -0.411. The number of aromatic nitrogens is 2. The molecule has 0 saturated carbocycles. The van der Waals surface area contributed by atoms with E-state index < -0.39 is 22.8 Å². The third-order valence-corrected chi connectivity index (χ3v) is 4.50. The fourth-order valence-corrected chi connectivity index (χ4v) is 2.86. The van der Waals surface area contributed by atoms with E-state index in [9.17, 15) is 19.7 Å². The van der Waals surface area contributed by atoms with E-state index >= 15 is 0 Å². The third-order valence-electron chi connectivity index (χ3n) is 4.50. The Bertz CT molecular complexity index is 1040. The number of primary amides is 1.